The second-order valence-electron chi connectivity index (χ2n) is 14.4. The molecule has 0 N–H and O–H groups in total. The highest BCUT2D eigenvalue weighted by atomic mass is 17.3. The third-order valence-corrected chi connectivity index (χ3v) is 10.2. The summed E-state index contributed by atoms with van der Waals surface area (Å²) in [5.74, 6) is -7.23. The Bertz CT molecular complexity index is 2380. The molecule has 0 aliphatic rings. The monoisotopic (exact) mass is 1070 g/mol. The molecule has 0 aliphatic carbocycles. The predicted molar refractivity (Wildman–Crippen MR) is 246 cm³/mol. The zero-order valence-corrected chi connectivity index (χ0v) is 41.8. The van der Waals surface area contributed by atoms with Gasteiger partial charge >= 0.3 is 48.5 Å². The highest BCUT2D eigenvalue weighted by Gasteiger charge is 2.31. The molecule has 0 bridgehead atoms. The quantitative estimate of drug-likeness (QED) is 0.0320. The number of ether oxygens (including phenoxy) is 12. The molecular weight excluding hydrogens is 1020 g/mol. The van der Waals surface area contributed by atoms with E-state index in [0.29, 0.717) is 0 Å². The van der Waals surface area contributed by atoms with Gasteiger partial charge in [-0.25, -0.2) is 58.3 Å². The van der Waals surface area contributed by atoms with E-state index in [0.717, 1.165) is 0 Å². The SMILES string of the molecule is COc1cccc(OC)c1C(=O)OOC(=O)OCCC(COC(=O)OOC(=O)c1c(OC)cccc1OC)C(CCOC(=O)OOC(=O)c1c(OC)cccc1OC)COC(=O)OOC(=O)c1c(OC)cccc1OC. The van der Waals surface area contributed by atoms with Crippen LogP contribution in [0, 0.1) is 11.8 Å². The zero-order valence-electron chi connectivity index (χ0n) is 41.8. The second-order valence-corrected chi connectivity index (χ2v) is 14.4. The maximum Gasteiger partial charge on any atom is 0.549 e. The largest absolute Gasteiger partial charge is 0.549 e. The summed E-state index contributed by atoms with van der Waals surface area (Å²) >= 11 is 0. The van der Waals surface area contributed by atoms with Crippen molar-refractivity contribution in [2.45, 2.75) is 12.8 Å². The third-order valence-electron chi connectivity index (χ3n) is 10.2. The van der Waals surface area contributed by atoms with Crippen molar-refractivity contribution in [3.63, 3.8) is 0 Å². The van der Waals surface area contributed by atoms with Crippen LogP contribution in [0.1, 0.15) is 54.3 Å². The minimum absolute atomic E-state index is 0.00855. The fourth-order valence-corrected chi connectivity index (χ4v) is 6.61. The molecule has 76 heavy (non-hydrogen) atoms. The van der Waals surface area contributed by atoms with E-state index in [1.54, 1.807) is 0 Å². The molecule has 410 valence electrons. The van der Waals surface area contributed by atoms with Crippen molar-refractivity contribution in [1.29, 1.82) is 0 Å². The Labute approximate surface area is 431 Å². The van der Waals surface area contributed by atoms with Crippen LogP contribution in [-0.4, -0.2) is 132 Å². The molecule has 4 rings (SSSR count). The Kier molecular flexibility index (Phi) is 23.5. The van der Waals surface area contributed by atoms with Gasteiger partial charge in [-0.1, -0.05) is 24.3 Å². The lowest BCUT2D eigenvalue weighted by atomic mass is 9.88. The molecule has 0 spiro atoms. The van der Waals surface area contributed by atoms with Crippen LogP contribution < -0.4 is 37.9 Å². The molecule has 0 aliphatic heterocycles. The highest BCUT2D eigenvalue weighted by Crippen LogP contribution is 2.33. The number of methoxy groups -OCH3 is 8. The molecule has 4 aromatic rings. The molecule has 4 aromatic carbocycles. The summed E-state index contributed by atoms with van der Waals surface area (Å²) in [6.45, 7) is -2.76. The van der Waals surface area contributed by atoms with Crippen molar-refractivity contribution in [1.82, 2.24) is 0 Å². The van der Waals surface area contributed by atoms with Gasteiger partial charge in [-0.2, -0.15) is 19.2 Å². The van der Waals surface area contributed by atoms with Crippen molar-refractivity contribution in [3.05, 3.63) is 95.1 Å². The number of hydrogen-bond donors (Lipinski definition) is 0. The Balaban J connectivity index is 1.53. The topological polar surface area (TPSA) is 321 Å². The lowest BCUT2D eigenvalue weighted by molar-refractivity contribution is -0.208. The Morgan fingerprint density at radius 3 is 0.697 bits per heavy atom. The summed E-state index contributed by atoms with van der Waals surface area (Å²) in [4.78, 5) is 140. The van der Waals surface area contributed by atoms with E-state index in [4.69, 9.17) is 56.8 Å². The van der Waals surface area contributed by atoms with E-state index in [9.17, 15) is 38.4 Å². The molecule has 0 radical (unpaired) electrons. The third kappa shape index (κ3) is 16.6. The fourth-order valence-electron chi connectivity index (χ4n) is 6.61. The van der Waals surface area contributed by atoms with Crippen LogP contribution >= 0.6 is 0 Å². The summed E-state index contributed by atoms with van der Waals surface area (Å²) in [7, 11) is 10.1. The van der Waals surface area contributed by atoms with E-state index >= 15 is 0 Å². The molecule has 0 saturated heterocycles. The molecule has 28 nitrogen and oxygen atoms in total. The summed E-state index contributed by atoms with van der Waals surface area (Å²) in [5.41, 5.74) is -1.01. The van der Waals surface area contributed by atoms with Crippen LogP contribution in [-0.2, 0) is 58.0 Å². The van der Waals surface area contributed by atoms with Gasteiger partial charge in [-0.15, -0.1) is 0 Å². The first-order valence-corrected chi connectivity index (χ1v) is 21.7. The smallest absolute Gasteiger partial charge is 0.496 e. The first-order chi connectivity index (χ1) is 36.7. The number of benzene rings is 4. The predicted octanol–water partition coefficient (Wildman–Crippen LogP) is 6.77. The lowest BCUT2D eigenvalue weighted by Crippen LogP contribution is -2.30. The highest BCUT2D eigenvalue weighted by molar-refractivity contribution is 5.97. The normalized spacial score (nSPS) is 11.0. The maximum absolute atomic E-state index is 13.0. The van der Waals surface area contributed by atoms with Gasteiger partial charge in [-0.05, 0) is 61.4 Å². The molecule has 0 fully saturated rings. The second kappa shape index (κ2) is 30.3. The van der Waals surface area contributed by atoms with Crippen molar-refractivity contribution in [3.8, 4) is 46.0 Å². The first kappa shape index (κ1) is 58.8. The minimum atomic E-state index is -1.61. The first-order valence-electron chi connectivity index (χ1n) is 21.7. The van der Waals surface area contributed by atoms with E-state index in [1.807, 2.05) is 0 Å². The van der Waals surface area contributed by atoms with E-state index in [-0.39, 0.29) is 81.1 Å². The van der Waals surface area contributed by atoms with Crippen molar-refractivity contribution in [2.24, 2.45) is 11.8 Å². The lowest BCUT2D eigenvalue weighted by Gasteiger charge is -2.26. The van der Waals surface area contributed by atoms with Gasteiger partial charge in [0.25, 0.3) is 0 Å². The summed E-state index contributed by atoms with van der Waals surface area (Å²) in [6.07, 6.45) is -7.06. The van der Waals surface area contributed by atoms with Crippen molar-refractivity contribution < 1.29 is 134 Å². The molecule has 0 saturated carbocycles. The molecule has 0 amide bonds. The molecule has 0 aromatic heterocycles. The Morgan fingerprint density at radius 2 is 0.500 bits per heavy atom. The minimum Gasteiger partial charge on any atom is -0.496 e. The molecular formula is C48H50O28. The van der Waals surface area contributed by atoms with E-state index < -0.39 is 86.8 Å². The number of hydrogen-bond acceptors (Lipinski definition) is 28. The number of rotatable bonds is 23. The molecule has 2 unspecified atom stereocenters. The van der Waals surface area contributed by atoms with Gasteiger partial charge in [-0.3, -0.25) is 0 Å². The van der Waals surface area contributed by atoms with Gasteiger partial charge in [0.15, 0.2) is 0 Å². The van der Waals surface area contributed by atoms with Crippen LogP contribution in [0.3, 0.4) is 0 Å². The van der Waals surface area contributed by atoms with E-state index in [2.05, 4.69) is 39.1 Å². The molecule has 28 heteroatoms. The Hall–Kier alpha value is -9.76. The number of carbonyl (C=O) groups excluding carboxylic acids is 8. The Morgan fingerprint density at radius 1 is 0.303 bits per heavy atom. The summed E-state index contributed by atoms with van der Waals surface area (Å²) in [5, 5.41) is 0. The summed E-state index contributed by atoms with van der Waals surface area (Å²) in [6, 6.07) is 17.3. The fraction of sp³-hybridized carbons (Fsp3) is 0.333. The van der Waals surface area contributed by atoms with E-state index in [1.165, 1.54) is 130 Å². The maximum atomic E-state index is 13.0. The van der Waals surface area contributed by atoms with Crippen molar-refractivity contribution in [2.75, 3.05) is 83.3 Å². The van der Waals surface area contributed by atoms with Crippen molar-refractivity contribution >= 4 is 48.5 Å². The molecule has 2 atom stereocenters. The van der Waals surface area contributed by atoms with Gasteiger partial charge in [0.05, 0.1) is 83.3 Å². The average molecular weight is 1070 g/mol. The zero-order chi connectivity index (χ0) is 55.6. The van der Waals surface area contributed by atoms with Crippen LogP contribution in [0.15, 0.2) is 72.8 Å². The average Bonchev–Trinajstić information content (AvgIpc) is 3.45. The molecule has 0 heterocycles. The van der Waals surface area contributed by atoms with Crippen LogP contribution in [0.5, 0.6) is 46.0 Å². The van der Waals surface area contributed by atoms with Crippen LogP contribution in [0.2, 0.25) is 0 Å². The van der Waals surface area contributed by atoms with Gasteiger partial charge in [0, 0.05) is 11.8 Å². The van der Waals surface area contributed by atoms with Gasteiger partial charge < -0.3 is 56.8 Å². The summed E-state index contributed by atoms with van der Waals surface area (Å²) < 4.78 is 61.9. The van der Waals surface area contributed by atoms with Gasteiger partial charge in [0.1, 0.15) is 68.2 Å². The number of carbonyl (C=O) groups is 8. The van der Waals surface area contributed by atoms with Gasteiger partial charge in [0.2, 0.25) is 0 Å². The van der Waals surface area contributed by atoms with Crippen LogP contribution in [0.4, 0.5) is 19.2 Å². The van der Waals surface area contributed by atoms with Crippen LogP contribution in [0.25, 0.3) is 0 Å². The standard InChI is InChI=1S/C48H50O28/c1-57-29-13-9-14-30(58-2)37(29)41(49)69-73-45(53)65-23-21-27(25-67-47(55)75-71-43(51)39-33(61-5)17-11-18-34(39)62-6)28(26-68-48(56)76-72-44(52)40-35(63-7)19-12-20-36(40)64-8)22-24-66-46(54)74-70-42(50)38-31(59-3)15-10-16-32(38)60-4/h9-20,27-28H,21-26H2,1-8H3.